The number of phenols is 1. The third kappa shape index (κ3) is 2.83. The van der Waals surface area contributed by atoms with Gasteiger partial charge in [-0.15, -0.1) is 0 Å². The van der Waals surface area contributed by atoms with E-state index < -0.39 is 5.91 Å². The van der Waals surface area contributed by atoms with Gasteiger partial charge >= 0.3 is 0 Å². The maximum atomic E-state index is 12.2. The van der Waals surface area contributed by atoms with Gasteiger partial charge in [-0.05, 0) is 31.2 Å². The van der Waals surface area contributed by atoms with E-state index in [1.54, 1.807) is 24.3 Å². The maximum absolute atomic E-state index is 12.2. The molecule has 0 saturated carbocycles. The van der Waals surface area contributed by atoms with E-state index in [1.165, 1.54) is 12.1 Å². The smallest absolute Gasteiger partial charge is 0.259 e. The molecule has 0 atom stereocenters. The molecule has 0 radical (unpaired) electrons. The Balaban J connectivity index is 2.26. The summed E-state index contributed by atoms with van der Waals surface area (Å²) in [4.78, 5) is 12.2. The average Bonchev–Trinajstić information content (AvgIpc) is 2.44. The number of rotatable bonds is 4. The summed E-state index contributed by atoms with van der Waals surface area (Å²) in [6.07, 6.45) is 0. The van der Waals surface area contributed by atoms with Crippen molar-refractivity contribution in [2.45, 2.75) is 6.92 Å². The van der Waals surface area contributed by atoms with Gasteiger partial charge in [-0.3, -0.25) is 4.79 Å². The zero-order valence-corrected chi connectivity index (χ0v) is 11.1. The second kappa shape index (κ2) is 5.97. The second-order valence-electron chi connectivity index (χ2n) is 4.13. The maximum Gasteiger partial charge on any atom is 0.259 e. The van der Waals surface area contributed by atoms with Crippen molar-refractivity contribution in [2.24, 2.45) is 0 Å². The molecule has 4 N–H and O–H groups in total. The highest BCUT2D eigenvalue weighted by molar-refractivity contribution is 6.07. The first-order valence-electron chi connectivity index (χ1n) is 6.24. The molecule has 0 bridgehead atoms. The summed E-state index contributed by atoms with van der Waals surface area (Å²) in [7, 11) is 0. The monoisotopic (exact) mass is 272 g/mol. The van der Waals surface area contributed by atoms with Crippen molar-refractivity contribution in [2.75, 3.05) is 17.7 Å². The Kier molecular flexibility index (Phi) is 4.10. The summed E-state index contributed by atoms with van der Waals surface area (Å²) in [6, 6.07) is 11.7. The van der Waals surface area contributed by atoms with Gasteiger partial charge in [0, 0.05) is 0 Å². The van der Waals surface area contributed by atoms with Crippen molar-refractivity contribution in [3.63, 3.8) is 0 Å². The molecule has 5 heteroatoms. The van der Waals surface area contributed by atoms with Crippen LogP contribution in [0.3, 0.4) is 0 Å². The van der Waals surface area contributed by atoms with Crippen LogP contribution in [0.25, 0.3) is 0 Å². The van der Waals surface area contributed by atoms with E-state index in [4.69, 9.17) is 10.5 Å². The number of amides is 1. The molecule has 104 valence electrons. The first kappa shape index (κ1) is 13.7. The van der Waals surface area contributed by atoms with Gasteiger partial charge < -0.3 is 20.9 Å². The quantitative estimate of drug-likeness (QED) is 0.590. The Morgan fingerprint density at radius 2 is 2.00 bits per heavy atom. The van der Waals surface area contributed by atoms with Crippen LogP contribution in [0.2, 0.25) is 0 Å². The van der Waals surface area contributed by atoms with Crippen LogP contribution in [0.5, 0.6) is 11.5 Å². The summed E-state index contributed by atoms with van der Waals surface area (Å²) in [5, 5.41) is 12.5. The molecule has 0 aliphatic carbocycles. The number of hydrogen-bond acceptors (Lipinski definition) is 4. The van der Waals surface area contributed by atoms with Crippen molar-refractivity contribution in [1.29, 1.82) is 0 Å². The molecule has 2 aromatic rings. The number of nitrogen functional groups attached to an aromatic ring is 1. The molecule has 0 unspecified atom stereocenters. The van der Waals surface area contributed by atoms with Gasteiger partial charge in [-0.1, -0.05) is 18.2 Å². The van der Waals surface area contributed by atoms with Crippen molar-refractivity contribution in [3.8, 4) is 11.5 Å². The average molecular weight is 272 g/mol. The number of benzene rings is 2. The van der Waals surface area contributed by atoms with Crippen LogP contribution in [0.15, 0.2) is 42.5 Å². The number of carbonyl (C=O) groups excluding carboxylic acids is 1. The second-order valence-corrected chi connectivity index (χ2v) is 4.13. The first-order valence-corrected chi connectivity index (χ1v) is 6.24. The zero-order valence-electron chi connectivity index (χ0n) is 11.1. The van der Waals surface area contributed by atoms with Crippen LogP contribution >= 0.6 is 0 Å². The highest BCUT2D eigenvalue weighted by Crippen LogP contribution is 2.28. The minimum Gasteiger partial charge on any atom is -0.505 e. The van der Waals surface area contributed by atoms with E-state index in [-0.39, 0.29) is 17.0 Å². The van der Waals surface area contributed by atoms with Gasteiger partial charge in [0.1, 0.15) is 5.75 Å². The fourth-order valence-corrected chi connectivity index (χ4v) is 1.79. The van der Waals surface area contributed by atoms with Crippen LogP contribution < -0.4 is 15.8 Å². The number of aromatic hydroxyl groups is 1. The van der Waals surface area contributed by atoms with E-state index in [0.29, 0.717) is 18.0 Å². The number of hydrogen-bond donors (Lipinski definition) is 3. The van der Waals surface area contributed by atoms with Crippen molar-refractivity contribution >= 4 is 17.3 Å². The van der Waals surface area contributed by atoms with Crippen LogP contribution in [-0.4, -0.2) is 17.6 Å². The zero-order chi connectivity index (χ0) is 14.5. The van der Waals surface area contributed by atoms with Crippen molar-refractivity contribution in [3.05, 3.63) is 48.0 Å². The lowest BCUT2D eigenvalue weighted by Gasteiger charge is -2.12. The first-order chi connectivity index (χ1) is 9.63. The molecule has 0 fully saturated rings. The Hall–Kier alpha value is -2.69. The Morgan fingerprint density at radius 3 is 2.75 bits per heavy atom. The normalized spacial score (nSPS) is 10.1. The molecule has 1 amide bonds. The Morgan fingerprint density at radius 1 is 1.25 bits per heavy atom. The van der Waals surface area contributed by atoms with E-state index in [1.807, 2.05) is 13.0 Å². The van der Waals surface area contributed by atoms with E-state index in [9.17, 15) is 9.90 Å². The lowest BCUT2D eigenvalue weighted by atomic mass is 10.1. The molecule has 0 aromatic heterocycles. The number of para-hydroxylation sites is 3. The summed E-state index contributed by atoms with van der Waals surface area (Å²) in [6.45, 7) is 2.36. The van der Waals surface area contributed by atoms with Gasteiger partial charge in [0.15, 0.2) is 5.75 Å². The molecule has 0 saturated heterocycles. The van der Waals surface area contributed by atoms with Crippen LogP contribution in [0.4, 0.5) is 11.4 Å². The Bertz CT molecular complexity index is 626. The van der Waals surface area contributed by atoms with Crippen LogP contribution in [0, 0.1) is 0 Å². The van der Waals surface area contributed by atoms with Crippen molar-refractivity contribution < 1.29 is 14.6 Å². The summed E-state index contributed by atoms with van der Waals surface area (Å²) in [5.74, 6) is -0.0902. The third-order valence-electron chi connectivity index (χ3n) is 2.75. The topological polar surface area (TPSA) is 84.6 Å². The van der Waals surface area contributed by atoms with Crippen molar-refractivity contribution in [1.82, 2.24) is 0 Å². The van der Waals surface area contributed by atoms with Gasteiger partial charge in [-0.25, -0.2) is 0 Å². The minimum absolute atomic E-state index is 0.122. The molecular formula is C15H16N2O3. The molecule has 2 aromatic carbocycles. The van der Waals surface area contributed by atoms with Gasteiger partial charge in [-0.2, -0.15) is 0 Å². The standard InChI is InChI=1S/C15H16N2O3/c1-2-20-13-9-4-3-8-12(13)17-15(19)10-6-5-7-11(16)14(10)18/h3-9,18H,2,16H2,1H3,(H,17,19). The number of phenolic OH excluding ortho intramolecular Hbond substituents is 1. The summed E-state index contributed by atoms with van der Waals surface area (Å²) < 4.78 is 5.43. The molecular weight excluding hydrogens is 256 g/mol. The molecule has 2 rings (SSSR count). The molecule has 0 aliphatic rings. The van der Waals surface area contributed by atoms with E-state index in [0.717, 1.165) is 0 Å². The lowest BCUT2D eigenvalue weighted by Crippen LogP contribution is -2.13. The van der Waals surface area contributed by atoms with Crippen LogP contribution in [-0.2, 0) is 0 Å². The largest absolute Gasteiger partial charge is 0.505 e. The molecule has 0 aliphatic heterocycles. The van der Waals surface area contributed by atoms with Gasteiger partial charge in [0.2, 0.25) is 0 Å². The molecule has 0 spiro atoms. The number of nitrogens with two attached hydrogens (primary N) is 1. The summed E-state index contributed by atoms with van der Waals surface area (Å²) >= 11 is 0. The number of ether oxygens (including phenoxy) is 1. The van der Waals surface area contributed by atoms with Gasteiger partial charge in [0.25, 0.3) is 5.91 Å². The van der Waals surface area contributed by atoms with Crippen LogP contribution in [0.1, 0.15) is 17.3 Å². The highest BCUT2D eigenvalue weighted by Gasteiger charge is 2.14. The molecule has 5 nitrogen and oxygen atoms in total. The number of nitrogens with one attached hydrogen (secondary N) is 1. The molecule has 20 heavy (non-hydrogen) atoms. The number of anilines is 2. The van der Waals surface area contributed by atoms with E-state index in [2.05, 4.69) is 5.32 Å². The number of carbonyl (C=O) groups is 1. The lowest BCUT2D eigenvalue weighted by molar-refractivity contribution is 0.102. The van der Waals surface area contributed by atoms with Gasteiger partial charge in [0.05, 0.1) is 23.5 Å². The predicted molar refractivity (Wildman–Crippen MR) is 78.1 cm³/mol. The Labute approximate surface area is 117 Å². The summed E-state index contributed by atoms with van der Waals surface area (Å²) in [5.41, 5.74) is 6.40. The predicted octanol–water partition coefficient (Wildman–Crippen LogP) is 2.63. The SMILES string of the molecule is CCOc1ccccc1NC(=O)c1cccc(N)c1O. The fraction of sp³-hybridized carbons (Fsp3) is 0.133. The molecule has 0 heterocycles. The third-order valence-corrected chi connectivity index (χ3v) is 2.75. The fourth-order valence-electron chi connectivity index (χ4n) is 1.79. The minimum atomic E-state index is -0.443. The van der Waals surface area contributed by atoms with E-state index >= 15 is 0 Å². The highest BCUT2D eigenvalue weighted by atomic mass is 16.5.